The quantitative estimate of drug-likeness (QED) is 0.837. The Balaban J connectivity index is 1.97. The highest BCUT2D eigenvalue weighted by molar-refractivity contribution is 7.92. The minimum Gasteiger partial charge on any atom is -0.366 e. The van der Waals surface area contributed by atoms with Crippen LogP contribution in [0.1, 0.15) is 34.0 Å². The molecule has 0 saturated carbocycles. The zero-order valence-corrected chi connectivity index (χ0v) is 15.4. The zero-order chi connectivity index (χ0) is 18.9. The van der Waals surface area contributed by atoms with Crippen molar-refractivity contribution in [1.82, 2.24) is 0 Å². The summed E-state index contributed by atoms with van der Waals surface area (Å²) in [4.78, 5) is 13.7. The van der Waals surface area contributed by atoms with E-state index in [-0.39, 0.29) is 5.78 Å². The van der Waals surface area contributed by atoms with Crippen LogP contribution < -0.4 is 9.62 Å². The molecule has 1 aliphatic rings. The second-order valence-corrected chi connectivity index (χ2v) is 8.14. The van der Waals surface area contributed by atoms with E-state index in [1.54, 1.807) is 24.3 Å². The Morgan fingerprint density at radius 2 is 2.04 bits per heavy atom. The van der Waals surface area contributed by atoms with Crippen LogP contribution in [0.5, 0.6) is 0 Å². The molecule has 1 heterocycles. The van der Waals surface area contributed by atoms with Crippen molar-refractivity contribution in [2.75, 3.05) is 22.4 Å². The number of anilines is 2. The lowest BCUT2D eigenvalue weighted by Crippen LogP contribution is -2.31. The molecule has 0 aliphatic carbocycles. The van der Waals surface area contributed by atoms with E-state index in [1.165, 1.54) is 6.92 Å². The predicted molar refractivity (Wildman–Crippen MR) is 101 cm³/mol. The van der Waals surface area contributed by atoms with Crippen molar-refractivity contribution in [3.05, 3.63) is 58.7 Å². The van der Waals surface area contributed by atoms with Gasteiger partial charge >= 0.3 is 0 Å². The summed E-state index contributed by atoms with van der Waals surface area (Å²) in [5.74, 6) is -0.0483. The maximum atomic E-state index is 11.7. The second kappa shape index (κ2) is 6.81. The van der Waals surface area contributed by atoms with Gasteiger partial charge in [0.1, 0.15) is 6.07 Å². The van der Waals surface area contributed by atoms with Crippen LogP contribution in [0.15, 0.2) is 36.4 Å². The van der Waals surface area contributed by atoms with Crippen molar-refractivity contribution < 1.29 is 13.2 Å². The average Bonchev–Trinajstić information content (AvgIpc) is 2.59. The normalized spacial score (nSPS) is 13.7. The molecule has 0 atom stereocenters. The number of Topliss-reactive ketones (excluding diaryl/α,β-unsaturated/α-hetero) is 1. The molecule has 0 aromatic heterocycles. The highest BCUT2D eigenvalue weighted by Crippen LogP contribution is 2.31. The molecule has 1 aliphatic heterocycles. The number of rotatable bonds is 4. The summed E-state index contributed by atoms with van der Waals surface area (Å²) in [6.45, 7) is 2.68. The Labute approximate surface area is 153 Å². The first-order valence-electron chi connectivity index (χ1n) is 8.17. The molecule has 0 fully saturated rings. The topological polar surface area (TPSA) is 90.3 Å². The van der Waals surface area contributed by atoms with E-state index in [9.17, 15) is 18.5 Å². The van der Waals surface area contributed by atoms with Crippen LogP contribution in [0.2, 0.25) is 0 Å². The third-order valence-corrected chi connectivity index (χ3v) is 5.02. The first kappa shape index (κ1) is 18.0. The van der Waals surface area contributed by atoms with Gasteiger partial charge in [0.15, 0.2) is 5.78 Å². The fraction of sp³-hybridized carbons (Fsp3) is 0.263. The van der Waals surface area contributed by atoms with Crippen molar-refractivity contribution in [3.8, 4) is 6.07 Å². The Morgan fingerprint density at radius 3 is 2.69 bits per heavy atom. The van der Waals surface area contributed by atoms with Crippen molar-refractivity contribution in [2.24, 2.45) is 0 Å². The SMILES string of the molecule is CC(=O)c1ccc(C#N)c(N2CCc3c(cccc3NS(C)(=O)=O)C2)c1. The Hall–Kier alpha value is -2.85. The van der Waals surface area contributed by atoms with Crippen molar-refractivity contribution >= 4 is 27.2 Å². The van der Waals surface area contributed by atoms with Gasteiger partial charge in [-0.15, -0.1) is 0 Å². The number of nitriles is 1. The van der Waals surface area contributed by atoms with Gasteiger partial charge in [-0.05, 0) is 48.7 Å². The lowest BCUT2D eigenvalue weighted by Gasteiger charge is -2.32. The molecule has 0 saturated heterocycles. The van der Waals surface area contributed by atoms with Crippen LogP contribution in [0.3, 0.4) is 0 Å². The fourth-order valence-electron chi connectivity index (χ4n) is 3.22. The molecule has 0 amide bonds. The van der Waals surface area contributed by atoms with Crippen LogP contribution >= 0.6 is 0 Å². The largest absolute Gasteiger partial charge is 0.366 e. The molecule has 6 nitrogen and oxygen atoms in total. The van der Waals surface area contributed by atoms with Crippen molar-refractivity contribution in [2.45, 2.75) is 19.9 Å². The number of sulfonamides is 1. The first-order valence-corrected chi connectivity index (χ1v) is 10.1. The minimum atomic E-state index is -3.35. The maximum absolute atomic E-state index is 11.7. The summed E-state index contributed by atoms with van der Waals surface area (Å²) in [6.07, 6.45) is 1.77. The Kier molecular flexibility index (Phi) is 4.70. The van der Waals surface area contributed by atoms with Crippen molar-refractivity contribution in [1.29, 1.82) is 5.26 Å². The van der Waals surface area contributed by atoms with Gasteiger partial charge in [0.2, 0.25) is 10.0 Å². The number of benzene rings is 2. The molecular formula is C19H19N3O3S. The molecule has 2 aromatic rings. The summed E-state index contributed by atoms with van der Waals surface area (Å²) in [5.41, 5.74) is 4.38. The Morgan fingerprint density at radius 1 is 1.27 bits per heavy atom. The third kappa shape index (κ3) is 3.70. The van der Waals surface area contributed by atoms with E-state index < -0.39 is 10.0 Å². The smallest absolute Gasteiger partial charge is 0.229 e. The lowest BCUT2D eigenvalue weighted by molar-refractivity contribution is 0.101. The molecule has 3 rings (SSSR count). The number of hydrogen-bond donors (Lipinski definition) is 1. The number of carbonyl (C=O) groups excluding carboxylic acids is 1. The average molecular weight is 369 g/mol. The second-order valence-electron chi connectivity index (χ2n) is 6.39. The predicted octanol–water partition coefficient (Wildman–Crippen LogP) is 2.70. The summed E-state index contributed by atoms with van der Waals surface area (Å²) in [5, 5.41) is 9.41. The fourth-order valence-corrected chi connectivity index (χ4v) is 3.81. The number of nitrogens with zero attached hydrogens (tertiary/aromatic N) is 2. The monoisotopic (exact) mass is 369 g/mol. The molecule has 1 N–H and O–H groups in total. The molecule has 26 heavy (non-hydrogen) atoms. The van der Waals surface area contributed by atoms with Gasteiger partial charge in [-0.3, -0.25) is 9.52 Å². The van der Waals surface area contributed by atoms with E-state index in [1.807, 2.05) is 12.1 Å². The zero-order valence-electron chi connectivity index (χ0n) is 14.6. The van der Waals surface area contributed by atoms with E-state index in [0.29, 0.717) is 36.3 Å². The maximum Gasteiger partial charge on any atom is 0.229 e. The lowest BCUT2D eigenvalue weighted by atomic mass is 9.96. The highest BCUT2D eigenvalue weighted by Gasteiger charge is 2.22. The number of fused-ring (bicyclic) bond motifs is 1. The van der Waals surface area contributed by atoms with Crippen molar-refractivity contribution in [3.63, 3.8) is 0 Å². The molecular weight excluding hydrogens is 350 g/mol. The molecule has 7 heteroatoms. The van der Waals surface area contributed by atoms with Gasteiger partial charge in [-0.1, -0.05) is 12.1 Å². The van der Waals surface area contributed by atoms with Gasteiger partial charge < -0.3 is 4.90 Å². The van der Waals surface area contributed by atoms with E-state index >= 15 is 0 Å². The highest BCUT2D eigenvalue weighted by atomic mass is 32.2. The number of ketones is 1. The molecule has 0 radical (unpaired) electrons. The van der Waals surface area contributed by atoms with Gasteiger partial charge in [0.05, 0.1) is 23.2 Å². The van der Waals surface area contributed by atoms with Crippen LogP contribution in [-0.4, -0.2) is 27.0 Å². The summed E-state index contributed by atoms with van der Waals surface area (Å²) >= 11 is 0. The van der Waals surface area contributed by atoms with Gasteiger partial charge in [-0.25, -0.2) is 8.42 Å². The van der Waals surface area contributed by atoms with E-state index in [2.05, 4.69) is 15.7 Å². The standard InChI is InChI=1S/C19H19N3O3S/c1-13(23)14-6-7-15(11-20)19(10-14)22-9-8-17-16(12-22)4-3-5-18(17)21-26(2,24)25/h3-7,10,21H,8-9,12H2,1-2H3. The van der Waals surface area contributed by atoms with Crippen LogP contribution in [0, 0.1) is 11.3 Å². The molecule has 2 aromatic carbocycles. The summed E-state index contributed by atoms with van der Waals surface area (Å²) in [6, 6.07) is 12.8. The summed E-state index contributed by atoms with van der Waals surface area (Å²) < 4.78 is 25.7. The summed E-state index contributed by atoms with van der Waals surface area (Å²) in [7, 11) is -3.35. The number of hydrogen-bond acceptors (Lipinski definition) is 5. The van der Waals surface area contributed by atoms with Gasteiger partial charge in [-0.2, -0.15) is 5.26 Å². The molecule has 0 spiro atoms. The van der Waals surface area contributed by atoms with E-state index in [4.69, 9.17) is 0 Å². The minimum absolute atomic E-state index is 0.0483. The van der Waals surface area contributed by atoms with Gasteiger partial charge in [0.25, 0.3) is 0 Å². The van der Waals surface area contributed by atoms with Crippen LogP contribution in [-0.2, 0) is 23.0 Å². The van der Waals surface area contributed by atoms with Gasteiger partial charge in [0, 0.05) is 18.7 Å². The van der Waals surface area contributed by atoms with Crippen LogP contribution in [0.25, 0.3) is 0 Å². The van der Waals surface area contributed by atoms with Crippen LogP contribution in [0.4, 0.5) is 11.4 Å². The third-order valence-electron chi connectivity index (χ3n) is 4.43. The molecule has 134 valence electrons. The molecule has 0 unspecified atom stereocenters. The van der Waals surface area contributed by atoms with E-state index in [0.717, 1.165) is 23.1 Å². The number of nitrogens with one attached hydrogen (secondary N) is 1. The Bertz CT molecular complexity index is 1020. The number of carbonyl (C=O) groups is 1. The molecule has 0 bridgehead atoms. The first-order chi connectivity index (χ1) is 12.3.